The number of alkyl halides is 3. The van der Waals surface area contributed by atoms with E-state index in [1.165, 1.54) is 6.07 Å². The van der Waals surface area contributed by atoms with Crippen molar-refractivity contribution in [1.29, 1.82) is 5.26 Å². The lowest BCUT2D eigenvalue weighted by molar-refractivity contribution is -0.138. The molecule has 312 valence electrons. The molecule has 3 unspecified atom stereocenters. The Morgan fingerprint density at radius 1 is 1.00 bits per heavy atom. The van der Waals surface area contributed by atoms with Gasteiger partial charge < -0.3 is 20.3 Å². The normalized spacial score (nSPS) is 26.7. The maximum Gasteiger partial charge on any atom is 0.417 e. The second-order valence-electron chi connectivity index (χ2n) is 16.3. The average Bonchev–Trinajstić information content (AvgIpc) is 3.32. The van der Waals surface area contributed by atoms with Crippen LogP contribution in [0.15, 0.2) is 47.4 Å². The Morgan fingerprint density at radius 3 is 2.34 bits per heavy atom. The summed E-state index contributed by atoms with van der Waals surface area (Å²) in [5, 5.41) is 17.6. The van der Waals surface area contributed by atoms with Crippen LogP contribution in [-0.2, 0) is 30.1 Å². The van der Waals surface area contributed by atoms with Gasteiger partial charge in [0.05, 0.1) is 29.8 Å². The van der Waals surface area contributed by atoms with Crippen molar-refractivity contribution in [3.05, 3.63) is 53.6 Å². The third kappa shape index (κ3) is 9.78. The van der Waals surface area contributed by atoms with Gasteiger partial charge in [-0.1, -0.05) is 6.07 Å². The number of anilines is 2. The second-order valence-corrected chi connectivity index (χ2v) is 17.3. The van der Waals surface area contributed by atoms with E-state index >= 15 is 0 Å². The van der Waals surface area contributed by atoms with E-state index in [1.54, 1.807) is 43.0 Å². The first-order valence-corrected chi connectivity index (χ1v) is 20.6. The highest BCUT2D eigenvalue weighted by Gasteiger charge is 2.55. The van der Waals surface area contributed by atoms with Crippen LogP contribution in [0.1, 0.15) is 96.6 Å². The molecule has 0 bridgehead atoms. The second kappa shape index (κ2) is 17.7. The number of piperidine rings is 2. The Hall–Kier alpha value is -4.66. The molecule has 2 aromatic carbocycles. The fourth-order valence-electron chi connectivity index (χ4n) is 8.76. The van der Waals surface area contributed by atoms with Crippen molar-refractivity contribution in [2.45, 2.75) is 132 Å². The van der Waals surface area contributed by atoms with Gasteiger partial charge in [-0.05, 0) is 133 Å². The third-order valence-electron chi connectivity index (χ3n) is 11.7. The van der Waals surface area contributed by atoms with Gasteiger partial charge in [0, 0.05) is 47.4 Å². The minimum absolute atomic E-state index is 0.00837. The highest BCUT2D eigenvalue weighted by molar-refractivity contribution is 7.98. The van der Waals surface area contributed by atoms with Crippen molar-refractivity contribution in [2.24, 2.45) is 5.92 Å². The molecule has 2 aromatic rings. The van der Waals surface area contributed by atoms with E-state index in [1.807, 2.05) is 6.07 Å². The third-order valence-corrected chi connectivity index (χ3v) is 12.7. The summed E-state index contributed by atoms with van der Waals surface area (Å²) in [6.45, 7) is 8.41. The molecule has 4 aliphatic rings. The molecule has 4 fully saturated rings. The smallest absolute Gasteiger partial charge is 0.378 e. The Bertz CT molecular complexity index is 1940. The van der Waals surface area contributed by atoms with Crippen molar-refractivity contribution in [3.63, 3.8) is 0 Å². The van der Waals surface area contributed by atoms with Crippen LogP contribution in [0.4, 0.5) is 29.3 Å². The lowest BCUT2D eigenvalue weighted by Crippen LogP contribution is -2.51. The van der Waals surface area contributed by atoms with Gasteiger partial charge in [-0.25, -0.2) is 4.79 Å². The maximum atomic E-state index is 13.6. The minimum atomic E-state index is -4.76. The number of halogens is 3. The number of nitrogens with one attached hydrogen (secondary N) is 3. The Morgan fingerprint density at radius 2 is 1.69 bits per heavy atom. The zero-order valence-corrected chi connectivity index (χ0v) is 33.9. The zero-order chi connectivity index (χ0) is 41.9. The molecule has 0 spiro atoms. The summed E-state index contributed by atoms with van der Waals surface area (Å²) in [6.07, 6.45) is 1.29. The number of likely N-dealkylation sites (tertiary alicyclic amines) is 1. The van der Waals surface area contributed by atoms with Crippen molar-refractivity contribution in [1.82, 2.24) is 19.4 Å². The number of nitriles is 1. The van der Waals surface area contributed by atoms with Crippen LogP contribution in [0.2, 0.25) is 0 Å². The fourth-order valence-corrected chi connectivity index (χ4v) is 9.74. The van der Waals surface area contributed by atoms with E-state index in [0.717, 1.165) is 35.7 Å². The number of benzene rings is 2. The molecular formula is C41H50F3N7O6S. The van der Waals surface area contributed by atoms with Crippen molar-refractivity contribution in [3.8, 4) is 6.07 Å². The SMILES string of the molecule is CC1CC(CCOC2CCC(N3C(=O)N(Sc4ccc(C#N)c(C(F)(F)F)c4)C(=O)C3(C)C)CC2)CC(C)N1CC(=O)Nc1cccc(NC2CCC(=O)NC2=O)c1. The van der Waals surface area contributed by atoms with Crippen LogP contribution in [0.5, 0.6) is 0 Å². The molecule has 6 amide bonds. The highest BCUT2D eigenvalue weighted by Crippen LogP contribution is 2.42. The number of urea groups is 1. The van der Waals surface area contributed by atoms with Crippen LogP contribution in [0.25, 0.3) is 0 Å². The van der Waals surface area contributed by atoms with Gasteiger partial charge in [0.15, 0.2) is 0 Å². The lowest BCUT2D eigenvalue weighted by Gasteiger charge is -2.42. The van der Waals surface area contributed by atoms with E-state index < -0.39 is 40.8 Å². The van der Waals surface area contributed by atoms with Gasteiger partial charge in [0.2, 0.25) is 17.7 Å². The van der Waals surface area contributed by atoms with Gasteiger partial charge in [-0.2, -0.15) is 22.7 Å². The molecular weight excluding hydrogens is 776 g/mol. The quantitative estimate of drug-likeness (QED) is 0.119. The molecule has 1 aliphatic carbocycles. The molecule has 58 heavy (non-hydrogen) atoms. The number of hydrogen-bond acceptors (Lipinski definition) is 10. The first-order chi connectivity index (χ1) is 27.4. The largest absolute Gasteiger partial charge is 0.417 e. The van der Waals surface area contributed by atoms with Crippen LogP contribution in [0.3, 0.4) is 0 Å². The van der Waals surface area contributed by atoms with Crippen molar-refractivity contribution < 1.29 is 41.9 Å². The first kappa shape index (κ1) is 42.9. The van der Waals surface area contributed by atoms with E-state index in [0.29, 0.717) is 68.0 Å². The summed E-state index contributed by atoms with van der Waals surface area (Å²) < 4.78 is 48.0. The van der Waals surface area contributed by atoms with Crippen LogP contribution in [0, 0.1) is 17.2 Å². The molecule has 3 heterocycles. The van der Waals surface area contributed by atoms with Crippen LogP contribution >= 0.6 is 11.9 Å². The van der Waals surface area contributed by atoms with Gasteiger partial charge in [-0.15, -0.1) is 0 Å². The molecule has 3 saturated heterocycles. The number of imide groups is 2. The molecule has 0 radical (unpaired) electrons. The van der Waals surface area contributed by atoms with Crippen LogP contribution < -0.4 is 16.0 Å². The van der Waals surface area contributed by atoms with Crippen molar-refractivity contribution >= 4 is 53.0 Å². The summed E-state index contributed by atoms with van der Waals surface area (Å²) in [6, 6.07) is 10.9. The zero-order valence-electron chi connectivity index (χ0n) is 33.1. The van der Waals surface area contributed by atoms with Gasteiger partial charge in [-0.3, -0.25) is 29.4 Å². The molecule has 13 nitrogen and oxygen atoms in total. The Labute approximate surface area is 340 Å². The summed E-state index contributed by atoms with van der Waals surface area (Å²) in [7, 11) is 0. The number of hydrogen-bond donors (Lipinski definition) is 3. The highest BCUT2D eigenvalue weighted by atomic mass is 32.2. The van der Waals surface area contributed by atoms with Crippen LogP contribution in [-0.4, -0.2) is 92.7 Å². The van der Waals surface area contributed by atoms with E-state index in [9.17, 15) is 37.1 Å². The number of rotatable bonds is 12. The number of nitrogens with zero attached hydrogens (tertiary/aromatic N) is 4. The number of carbonyl (C=O) groups excluding carboxylic acids is 5. The van der Waals surface area contributed by atoms with E-state index in [-0.39, 0.29) is 59.8 Å². The van der Waals surface area contributed by atoms with Gasteiger partial charge >= 0.3 is 12.2 Å². The molecule has 6 rings (SSSR count). The predicted octanol–water partition coefficient (Wildman–Crippen LogP) is 6.69. The summed E-state index contributed by atoms with van der Waals surface area (Å²) >= 11 is 0.636. The number of ether oxygens (including phenoxy) is 1. The maximum absolute atomic E-state index is 13.6. The average molecular weight is 826 g/mol. The predicted molar refractivity (Wildman–Crippen MR) is 210 cm³/mol. The van der Waals surface area contributed by atoms with Crippen molar-refractivity contribution in [2.75, 3.05) is 23.8 Å². The number of carbonyl (C=O) groups is 5. The lowest BCUT2D eigenvalue weighted by atomic mass is 9.85. The summed E-state index contributed by atoms with van der Waals surface area (Å²) in [5.41, 5.74) is -1.56. The molecule has 3 aliphatic heterocycles. The molecule has 0 aromatic heterocycles. The Balaban J connectivity index is 0.930. The van der Waals surface area contributed by atoms with E-state index in [4.69, 9.17) is 10.00 Å². The topological polar surface area (TPSA) is 164 Å². The van der Waals surface area contributed by atoms with E-state index in [2.05, 4.69) is 34.7 Å². The molecule has 3 N–H and O–H groups in total. The van der Waals surface area contributed by atoms with Gasteiger partial charge in [0.1, 0.15) is 11.6 Å². The molecule has 1 saturated carbocycles. The Kier molecular flexibility index (Phi) is 13.1. The fraction of sp³-hybridized carbons (Fsp3) is 0.561. The number of amides is 6. The summed E-state index contributed by atoms with van der Waals surface area (Å²) in [5.74, 6) is -0.859. The van der Waals surface area contributed by atoms with Gasteiger partial charge in [0.25, 0.3) is 5.91 Å². The first-order valence-electron chi connectivity index (χ1n) is 19.8. The summed E-state index contributed by atoms with van der Waals surface area (Å²) in [4.78, 5) is 67.6. The molecule has 3 atom stereocenters. The monoisotopic (exact) mass is 825 g/mol. The standard InChI is InChI=1S/C41H50F3N7O6S/c1-24-18-26(19-25(2)49(24)23-36(53)47-29-7-5-6-28(20-29)46-34-14-15-35(52)48-37(34)54)16-17-57-31-11-9-30(10-12-31)50-39(56)51(38(55)40(50,3)4)58-32-13-8-27(22-45)33(21-32)41(42,43)44/h5-8,13,20-21,24-26,30-31,34,46H,9-12,14-19,23H2,1-4H3,(H,47,53)(H,48,52,54). The minimum Gasteiger partial charge on any atom is -0.378 e. The molecule has 17 heteroatoms.